The standard InChI is InChI=1S/C13H12Cl2N2OS2/c14-9-3-1-2-8(12(9)15)10(6-16)17-13(18)11-7-19-4-5-20-11/h1-3,10-11H,4-5,7H2,(H,17,18)/t10-,11-/m0/s1. The van der Waals surface area contributed by atoms with Crippen LogP contribution >= 0.6 is 46.7 Å². The van der Waals surface area contributed by atoms with Crippen LogP contribution in [-0.4, -0.2) is 28.4 Å². The summed E-state index contributed by atoms with van der Waals surface area (Å²) in [6.07, 6.45) is 0. The van der Waals surface area contributed by atoms with Gasteiger partial charge in [-0.25, -0.2) is 0 Å². The molecule has 2 atom stereocenters. The molecule has 2 rings (SSSR count). The van der Waals surface area contributed by atoms with Gasteiger partial charge in [0.25, 0.3) is 0 Å². The van der Waals surface area contributed by atoms with E-state index in [0.29, 0.717) is 15.6 Å². The van der Waals surface area contributed by atoms with E-state index in [4.69, 9.17) is 23.2 Å². The number of nitriles is 1. The van der Waals surface area contributed by atoms with Crippen LogP contribution < -0.4 is 5.32 Å². The quantitative estimate of drug-likeness (QED) is 0.909. The Balaban J connectivity index is 2.11. The molecule has 1 N–H and O–H groups in total. The Kier molecular flexibility index (Phi) is 5.91. The second kappa shape index (κ2) is 7.46. The summed E-state index contributed by atoms with van der Waals surface area (Å²) in [6, 6.07) is 6.35. The fourth-order valence-corrected chi connectivity index (χ4v) is 4.78. The smallest absolute Gasteiger partial charge is 0.235 e. The second-order valence-electron chi connectivity index (χ2n) is 4.15. The molecule has 1 aliphatic heterocycles. The van der Waals surface area contributed by atoms with Crippen LogP contribution in [0.3, 0.4) is 0 Å². The fraction of sp³-hybridized carbons (Fsp3) is 0.385. The first-order chi connectivity index (χ1) is 9.63. The predicted molar refractivity (Wildman–Crippen MR) is 86.5 cm³/mol. The molecular weight excluding hydrogens is 335 g/mol. The molecule has 0 aromatic heterocycles. The van der Waals surface area contributed by atoms with Crippen molar-refractivity contribution in [2.24, 2.45) is 0 Å². The van der Waals surface area contributed by atoms with Gasteiger partial charge in [0, 0.05) is 22.8 Å². The number of carbonyl (C=O) groups excluding carboxylic acids is 1. The first kappa shape index (κ1) is 15.8. The van der Waals surface area contributed by atoms with Crippen molar-refractivity contribution < 1.29 is 4.79 Å². The van der Waals surface area contributed by atoms with Gasteiger partial charge in [0.05, 0.1) is 21.4 Å². The average Bonchev–Trinajstić information content (AvgIpc) is 2.48. The Bertz CT molecular complexity index is 542. The van der Waals surface area contributed by atoms with E-state index in [1.807, 2.05) is 0 Å². The van der Waals surface area contributed by atoms with E-state index in [2.05, 4.69) is 11.4 Å². The van der Waals surface area contributed by atoms with Gasteiger partial charge in [-0.15, -0.1) is 11.8 Å². The molecule has 20 heavy (non-hydrogen) atoms. The predicted octanol–water partition coefficient (Wildman–Crippen LogP) is 3.52. The SMILES string of the molecule is N#C[C@H](NC(=O)[C@@H]1CSCCS1)c1cccc(Cl)c1Cl. The lowest BCUT2D eigenvalue weighted by molar-refractivity contribution is -0.120. The Morgan fingerprint density at radius 1 is 1.45 bits per heavy atom. The number of rotatable bonds is 3. The molecule has 0 bridgehead atoms. The van der Waals surface area contributed by atoms with Gasteiger partial charge in [0.2, 0.25) is 5.91 Å². The van der Waals surface area contributed by atoms with Crippen molar-refractivity contribution in [1.82, 2.24) is 5.32 Å². The molecule has 0 saturated carbocycles. The molecule has 0 unspecified atom stereocenters. The number of amides is 1. The molecule has 1 amide bonds. The van der Waals surface area contributed by atoms with Crippen molar-refractivity contribution in [1.29, 1.82) is 5.26 Å². The highest BCUT2D eigenvalue weighted by molar-refractivity contribution is 8.07. The van der Waals surface area contributed by atoms with E-state index in [9.17, 15) is 10.1 Å². The molecule has 0 aliphatic carbocycles. The van der Waals surface area contributed by atoms with Crippen molar-refractivity contribution in [2.45, 2.75) is 11.3 Å². The van der Waals surface area contributed by atoms with Crippen LogP contribution in [0.2, 0.25) is 10.0 Å². The van der Waals surface area contributed by atoms with Gasteiger partial charge >= 0.3 is 0 Å². The number of benzene rings is 1. The molecule has 1 aromatic rings. The molecule has 1 heterocycles. The lowest BCUT2D eigenvalue weighted by Gasteiger charge is -2.22. The van der Waals surface area contributed by atoms with Gasteiger partial charge in [-0.05, 0) is 6.07 Å². The van der Waals surface area contributed by atoms with E-state index in [0.717, 1.165) is 17.3 Å². The summed E-state index contributed by atoms with van der Waals surface area (Å²) < 4.78 is 0. The summed E-state index contributed by atoms with van der Waals surface area (Å²) in [5, 5.41) is 12.6. The Labute approximate surface area is 136 Å². The minimum atomic E-state index is -0.777. The second-order valence-corrected chi connectivity index (χ2v) is 7.39. The Morgan fingerprint density at radius 2 is 2.25 bits per heavy atom. The zero-order chi connectivity index (χ0) is 14.5. The summed E-state index contributed by atoms with van der Waals surface area (Å²) in [6.45, 7) is 0. The Morgan fingerprint density at radius 3 is 2.90 bits per heavy atom. The molecular formula is C13H12Cl2N2OS2. The number of nitrogens with one attached hydrogen (secondary N) is 1. The van der Waals surface area contributed by atoms with E-state index >= 15 is 0 Å². The third kappa shape index (κ3) is 3.76. The molecule has 0 spiro atoms. The molecule has 0 radical (unpaired) electrons. The van der Waals surface area contributed by atoms with E-state index in [1.54, 1.807) is 41.7 Å². The molecule has 1 fully saturated rings. The number of thioether (sulfide) groups is 2. The van der Waals surface area contributed by atoms with Gasteiger partial charge in [0.1, 0.15) is 6.04 Å². The van der Waals surface area contributed by atoms with Crippen molar-refractivity contribution in [2.75, 3.05) is 17.3 Å². The maximum Gasteiger partial charge on any atom is 0.235 e. The summed E-state index contributed by atoms with van der Waals surface area (Å²) in [4.78, 5) is 12.2. The van der Waals surface area contributed by atoms with Crippen LogP contribution in [0.5, 0.6) is 0 Å². The highest BCUT2D eigenvalue weighted by atomic mass is 35.5. The highest BCUT2D eigenvalue weighted by Gasteiger charge is 2.26. The van der Waals surface area contributed by atoms with Crippen molar-refractivity contribution >= 4 is 52.6 Å². The molecule has 7 heteroatoms. The highest BCUT2D eigenvalue weighted by Crippen LogP contribution is 2.30. The summed E-state index contributed by atoms with van der Waals surface area (Å²) in [5.41, 5.74) is 0.531. The third-order valence-corrected chi connectivity index (χ3v) is 6.40. The fourth-order valence-electron chi connectivity index (χ4n) is 1.80. The van der Waals surface area contributed by atoms with E-state index in [-0.39, 0.29) is 11.2 Å². The van der Waals surface area contributed by atoms with Gasteiger partial charge in [-0.3, -0.25) is 4.79 Å². The van der Waals surface area contributed by atoms with E-state index in [1.165, 1.54) is 0 Å². The summed E-state index contributed by atoms with van der Waals surface area (Å²) >= 11 is 15.4. The third-order valence-electron chi connectivity index (χ3n) is 2.82. The monoisotopic (exact) mass is 346 g/mol. The lowest BCUT2D eigenvalue weighted by atomic mass is 10.1. The van der Waals surface area contributed by atoms with Gasteiger partial charge < -0.3 is 5.32 Å². The zero-order valence-corrected chi connectivity index (χ0v) is 13.6. The number of hydrogen-bond donors (Lipinski definition) is 1. The first-order valence-electron chi connectivity index (χ1n) is 5.96. The molecule has 1 saturated heterocycles. The van der Waals surface area contributed by atoms with Crippen LogP contribution in [0, 0.1) is 11.3 Å². The van der Waals surface area contributed by atoms with Crippen LogP contribution in [-0.2, 0) is 4.79 Å². The maximum atomic E-state index is 12.2. The minimum Gasteiger partial charge on any atom is -0.336 e. The summed E-state index contributed by atoms with van der Waals surface area (Å²) in [5.74, 6) is 2.68. The molecule has 3 nitrogen and oxygen atoms in total. The van der Waals surface area contributed by atoms with Gasteiger partial charge in [-0.2, -0.15) is 17.0 Å². The van der Waals surface area contributed by atoms with Crippen LogP contribution in [0.4, 0.5) is 0 Å². The zero-order valence-electron chi connectivity index (χ0n) is 10.4. The number of hydrogen-bond acceptors (Lipinski definition) is 4. The Hall–Kier alpha value is -0.540. The van der Waals surface area contributed by atoms with Crippen molar-refractivity contribution in [3.05, 3.63) is 33.8 Å². The number of nitrogens with zero attached hydrogens (tertiary/aromatic N) is 1. The van der Waals surface area contributed by atoms with Gasteiger partial charge in [-0.1, -0.05) is 35.3 Å². The van der Waals surface area contributed by atoms with Crippen LogP contribution in [0.15, 0.2) is 18.2 Å². The minimum absolute atomic E-state index is 0.109. The topological polar surface area (TPSA) is 52.9 Å². The van der Waals surface area contributed by atoms with E-state index < -0.39 is 6.04 Å². The van der Waals surface area contributed by atoms with Crippen LogP contribution in [0.1, 0.15) is 11.6 Å². The lowest BCUT2D eigenvalue weighted by Crippen LogP contribution is -2.38. The van der Waals surface area contributed by atoms with Crippen molar-refractivity contribution in [3.8, 4) is 6.07 Å². The molecule has 1 aliphatic rings. The van der Waals surface area contributed by atoms with Gasteiger partial charge in [0.15, 0.2) is 0 Å². The molecule has 1 aromatic carbocycles. The van der Waals surface area contributed by atoms with Crippen molar-refractivity contribution in [3.63, 3.8) is 0 Å². The van der Waals surface area contributed by atoms with Crippen LogP contribution in [0.25, 0.3) is 0 Å². The normalized spacial score (nSPS) is 19.9. The number of carbonyl (C=O) groups is 1. The first-order valence-corrected chi connectivity index (χ1v) is 8.92. The number of halogens is 2. The molecule has 106 valence electrons. The summed E-state index contributed by atoms with van der Waals surface area (Å²) in [7, 11) is 0. The maximum absolute atomic E-state index is 12.2. The largest absolute Gasteiger partial charge is 0.336 e. The average molecular weight is 347 g/mol.